The van der Waals surface area contributed by atoms with Crippen molar-refractivity contribution in [2.45, 2.75) is 0 Å². The van der Waals surface area contributed by atoms with E-state index in [1.807, 2.05) is 10.6 Å². The second-order valence-electron chi connectivity index (χ2n) is 6.51. The van der Waals surface area contributed by atoms with Gasteiger partial charge in [0.05, 0.1) is 29.9 Å². The molecule has 2 heterocycles. The molecule has 2 aromatic carbocycles. The fraction of sp³-hybridized carbons (Fsp3) is 0.190. The van der Waals surface area contributed by atoms with Crippen LogP contribution in [0.3, 0.4) is 0 Å². The number of benzene rings is 2. The number of hydrogen-bond acceptors (Lipinski definition) is 4. The number of carboxylic acids is 1. The van der Waals surface area contributed by atoms with E-state index in [-0.39, 0.29) is 11.5 Å². The molecule has 0 aliphatic carbocycles. The lowest BCUT2D eigenvalue weighted by Crippen LogP contribution is -2.40. The number of carbonyl (C=O) groups excluding carboxylic acids is 1. The molecule has 0 spiro atoms. The van der Waals surface area contributed by atoms with Crippen molar-refractivity contribution < 1.29 is 19.4 Å². The molecule has 0 unspecified atom stereocenters. The number of carboxylic acid groups (broad SMARTS) is 1. The number of rotatable bonds is 3. The van der Waals surface area contributed by atoms with E-state index in [2.05, 4.69) is 6.07 Å². The van der Waals surface area contributed by atoms with Gasteiger partial charge in [-0.15, -0.1) is 0 Å². The zero-order valence-corrected chi connectivity index (χ0v) is 15.0. The number of nitrogens with zero attached hydrogens (tertiary/aromatic N) is 3. The number of aromatic nitrogens is 1. The number of fused-ring (bicyclic) bond motifs is 1. The number of amides is 1. The lowest BCUT2D eigenvalue weighted by Gasteiger charge is -2.26. The van der Waals surface area contributed by atoms with E-state index >= 15 is 0 Å². The van der Waals surface area contributed by atoms with Crippen LogP contribution in [-0.4, -0.2) is 52.8 Å². The normalized spacial score (nSPS) is 14.0. The summed E-state index contributed by atoms with van der Waals surface area (Å²) in [6.45, 7) is 2.16. The molecule has 0 bridgehead atoms. The maximum Gasteiger partial charge on any atom is 0.335 e. The topological polar surface area (TPSA) is 95.6 Å². The van der Waals surface area contributed by atoms with Gasteiger partial charge in [-0.25, -0.2) is 4.79 Å². The van der Waals surface area contributed by atoms with Crippen LogP contribution < -0.4 is 0 Å². The Bertz CT molecular complexity index is 1100. The number of carbonyl (C=O) groups is 2. The summed E-state index contributed by atoms with van der Waals surface area (Å²) in [5.41, 5.74) is 2.69. The number of ether oxygens (including phenoxy) is 1. The lowest BCUT2D eigenvalue weighted by molar-refractivity contribution is 0.0303. The van der Waals surface area contributed by atoms with Gasteiger partial charge in [0.25, 0.3) is 5.91 Å². The first-order valence-corrected chi connectivity index (χ1v) is 8.84. The van der Waals surface area contributed by atoms with E-state index in [0.29, 0.717) is 42.8 Å². The third kappa shape index (κ3) is 3.10. The smallest absolute Gasteiger partial charge is 0.335 e. The Morgan fingerprint density at radius 1 is 1.04 bits per heavy atom. The summed E-state index contributed by atoms with van der Waals surface area (Å²) in [6.07, 6.45) is 1.70. The van der Waals surface area contributed by atoms with Crippen LogP contribution in [0.2, 0.25) is 0 Å². The monoisotopic (exact) mass is 375 g/mol. The Hall–Kier alpha value is -3.63. The van der Waals surface area contributed by atoms with Crippen molar-refractivity contribution in [1.29, 1.82) is 5.26 Å². The van der Waals surface area contributed by atoms with Crippen molar-refractivity contribution in [3.8, 4) is 11.8 Å². The van der Waals surface area contributed by atoms with Crippen LogP contribution in [0.1, 0.15) is 26.3 Å². The SMILES string of the molecule is N#Cc1cn(-c2ccc(C(=O)O)cc2)c2ccc(C(=O)N3CCOCC3)cc12. The van der Waals surface area contributed by atoms with Crippen molar-refractivity contribution in [3.63, 3.8) is 0 Å². The minimum atomic E-state index is -0.993. The molecule has 28 heavy (non-hydrogen) atoms. The van der Waals surface area contributed by atoms with Crippen LogP contribution in [0.15, 0.2) is 48.7 Å². The Labute approximate surface area is 161 Å². The quantitative estimate of drug-likeness (QED) is 0.759. The highest BCUT2D eigenvalue weighted by molar-refractivity contribution is 6.00. The number of aromatic carboxylic acids is 1. The largest absolute Gasteiger partial charge is 0.478 e. The van der Waals surface area contributed by atoms with Crippen molar-refractivity contribution in [3.05, 3.63) is 65.4 Å². The van der Waals surface area contributed by atoms with Gasteiger partial charge in [-0.05, 0) is 42.5 Å². The van der Waals surface area contributed by atoms with Gasteiger partial charge in [-0.1, -0.05) is 0 Å². The number of nitriles is 1. The molecule has 1 aromatic heterocycles. The van der Waals surface area contributed by atoms with Crippen molar-refractivity contribution in [1.82, 2.24) is 9.47 Å². The van der Waals surface area contributed by atoms with Crippen LogP contribution in [-0.2, 0) is 4.74 Å². The third-order valence-electron chi connectivity index (χ3n) is 4.86. The zero-order chi connectivity index (χ0) is 19.7. The zero-order valence-electron chi connectivity index (χ0n) is 15.0. The maximum absolute atomic E-state index is 12.7. The van der Waals surface area contributed by atoms with Gasteiger partial charge in [-0.3, -0.25) is 4.79 Å². The molecule has 0 atom stereocenters. The minimum absolute atomic E-state index is 0.0762. The Balaban J connectivity index is 1.75. The minimum Gasteiger partial charge on any atom is -0.478 e. The second-order valence-corrected chi connectivity index (χ2v) is 6.51. The highest BCUT2D eigenvalue weighted by atomic mass is 16.5. The van der Waals surface area contributed by atoms with Crippen LogP contribution in [0, 0.1) is 11.3 Å². The lowest BCUT2D eigenvalue weighted by atomic mass is 10.1. The predicted octanol–water partition coefficient (Wildman–Crippen LogP) is 2.67. The van der Waals surface area contributed by atoms with Crippen LogP contribution >= 0.6 is 0 Å². The highest BCUT2D eigenvalue weighted by Crippen LogP contribution is 2.26. The van der Waals surface area contributed by atoms with Crippen LogP contribution in [0.25, 0.3) is 16.6 Å². The molecule has 1 N–H and O–H groups in total. The summed E-state index contributed by atoms with van der Waals surface area (Å²) in [5.74, 6) is -1.07. The second kappa shape index (κ2) is 7.18. The van der Waals surface area contributed by atoms with E-state index in [1.54, 1.807) is 35.4 Å². The Morgan fingerprint density at radius 3 is 2.36 bits per heavy atom. The molecule has 4 rings (SSSR count). The maximum atomic E-state index is 12.7. The molecular formula is C21H17N3O4. The molecule has 0 radical (unpaired) electrons. The van der Waals surface area contributed by atoms with Gasteiger partial charge >= 0.3 is 5.97 Å². The molecule has 140 valence electrons. The Morgan fingerprint density at radius 2 is 1.71 bits per heavy atom. The molecule has 1 aliphatic heterocycles. The first-order valence-electron chi connectivity index (χ1n) is 8.84. The molecule has 1 saturated heterocycles. The van der Waals surface area contributed by atoms with Gasteiger partial charge in [0, 0.05) is 35.9 Å². The molecule has 7 nitrogen and oxygen atoms in total. The summed E-state index contributed by atoms with van der Waals surface area (Å²) in [5, 5.41) is 19.3. The fourth-order valence-corrected chi connectivity index (χ4v) is 3.38. The van der Waals surface area contributed by atoms with Crippen molar-refractivity contribution in [2.24, 2.45) is 0 Å². The first-order chi connectivity index (χ1) is 13.6. The number of hydrogen-bond donors (Lipinski definition) is 1. The average molecular weight is 375 g/mol. The molecular weight excluding hydrogens is 358 g/mol. The van der Waals surface area contributed by atoms with E-state index in [4.69, 9.17) is 9.84 Å². The van der Waals surface area contributed by atoms with Gasteiger partial charge in [-0.2, -0.15) is 5.26 Å². The third-order valence-corrected chi connectivity index (χ3v) is 4.86. The average Bonchev–Trinajstić information content (AvgIpc) is 3.12. The van der Waals surface area contributed by atoms with Crippen LogP contribution in [0.5, 0.6) is 0 Å². The van der Waals surface area contributed by atoms with Gasteiger partial charge in [0.15, 0.2) is 0 Å². The van der Waals surface area contributed by atoms with E-state index in [0.717, 1.165) is 11.2 Å². The highest BCUT2D eigenvalue weighted by Gasteiger charge is 2.20. The standard InChI is InChI=1S/C21H17N3O4/c22-12-16-13-24(17-4-1-14(2-5-17)21(26)27)19-6-3-15(11-18(16)19)20(25)23-7-9-28-10-8-23/h1-6,11,13H,7-10H2,(H,26,27). The summed E-state index contributed by atoms with van der Waals surface area (Å²) in [6, 6.07) is 13.9. The summed E-state index contributed by atoms with van der Waals surface area (Å²) < 4.78 is 7.11. The summed E-state index contributed by atoms with van der Waals surface area (Å²) in [4.78, 5) is 25.5. The van der Waals surface area contributed by atoms with Gasteiger partial charge < -0.3 is 19.3 Å². The van der Waals surface area contributed by atoms with E-state index in [9.17, 15) is 14.9 Å². The molecule has 0 saturated carbocycles. The summed E-state index contributed by atoms with van der Waals surface area (Å²) in [7, 11) is 0. The van der Waals surface area contributed by atoms with Gasteiger partial charge in [0.2, 0.25) is 0 Å². The fourth-order valence-electron chi connectivity index (χ4n) is 3.38. The molecule has 1 amide bonds. The molecule has 1 fully saturated rings. The molecule has 1 aliphatic rings. The van der Waals surface area contributed by atoms with E-state index in [1.165, 1.54) is 12.1 Å². The van der Waals surface area contributed by atoms with Crippen molar-refractivity contribution >= 4 is 22.8 Å². The molecule has 3 aromatic rings. The Kier molecular flexibility index (Phi) is 4.55. The predicted molar refractivity (Wildman–Crippen MR) is 102 cm³/mol. The summed E-state index contributed by atoms with van der Waals surface area (Å²) >= 11 is 0. The first kappa shape index (κ1) is 17.8. The van der Waals surface area contributed by atoms with Gasteiger partial charge in [0.1, 0.15) is 6.07 Å². The number of morpholine rings is 1. The van der Waals surface area contributed by atoms with E-state index < -0.39 is 5.97 Å². The van der Waals surface area contributed by atoms with Crippen LogP contribution in [0.4, 0.5) is 0 Å². The van der Waals surface area contributed by atoms with Crippen molar-refractivity contribution in [2.75, 3.05) is 26.3 Å². The molecule has 7 heteroatoms.